The monoisotopic (exact) mass is 274 g/mol. The van der Waals surface area contributed by atoms with Crippen LogP contribution in [0.3, 0.4) is 0 Å². The highest BCUT2D eigenvalue weighted by Gasteiger charge is 2.16. The number of rotatable bonds is 2. The Bertz CT molecular complexity index is 629. The summed E-state index contributed by atoms with van der Waals surface area (Å²) in [6.45, 7) is 4.16. The molecule has 106 valence electrons. The first-order valence-electron chi connectivity index (χ1n) is 6.69. The number of anilines is 1. The Kier molecular flexibility index (Phi) is 3.31. The number of H-pyrrole nitrogens is 1. The second-order valence-electron chi connectivity index (χ2n) is 5.07. The predicted octanol–water partition coefficient (Wildman–Crippen LogP) is 1.10. The molecular weight excluding hydrogens is 256 g/mol. The summed E-state index contributed by atoms with van der Waals surface area (Å²) in [5.74, 6) is -0.194. The fraction of sp³-hybridized carbons (Fsp3) is 0.429. The van der Waals surface area contributed by atoms with Crippen LogP contribution in [0, 0.1) is 0 Å². The van der Waals surface area contributed by atoms with Gasteiger partial charge >= 0.3 is 5.97 Å². The highest BCUT2D eigenvalue weighted by Crippen LogP contribution is 2.22. The molecule has 0 amide bonds. The first-order chi connectivity index (χ1) is 9.67. The number of aromatic amines is 1. The molecule has 3 rings (SSSR count). The SMILES string of the molecule is COC(=O)c1nc2ccc(N3CCN(C)CC3)cc2[nH]1. The van der Waals surface area contributed by atoms with E-state index >= 15 is 0 Å². The summed E-state index contributed by atoms with van der Waals surface area (Å²) in [6, 6.07) is 6.03. The Labute approximate surface area is 117 Å². The van der Waals surface area contributed by atoms with E-state index in [1.165, 1.54) is 7.11 Å². The molecule has 6 nitrogen and oxygen atoms in total. The van der Waals surface area contributed by atoms with E-state index in [1.54, 1.807) is 0 Å². The van der Waals surface area contributed by atoms with Gasteiger partial charge in [0.25, 0.3) is 0 Å². The van der Waals surface area contributed by atoms with Crippen molar-refractivity contribution in [3.8, 4) is 0 Å². The van der Waals surface area contributed by atoms with Crippen molar-refractivity contribution in [2.24, 2.45) is 0 Å². The summed E-state index contributed by atoms with van der Waals surface area (Å²) >= 11 is 0. The van der Waals surface area contributed by atoms with Crippen LogP contribution in [0.15, 0.2) is 18.2 Å². The van der Waals surface area contributed by atoms with Crippen molar-refractivity contribution in [3.63, 3.8) is 0 Å². The molecule has 1 aliphatic heterocycles. The third kappa shape index (κ3) is 2.34. The molecule has 0 radical (unpaired) electrons. The quantitative estimate of drug-likeness (QED) is 0.831. The Morgan fingerprint density at radius 2 is 2.05 bits per heavy atom. The fourth-order valence-corrected chi connectivity index (χ4v) is 2.45. The van der Waals surface area contributed by atoms with Crippen LogP contribution in [-0.2, 0) is 4.74 Å². The summed E-state index contributed by atoms with van der Waals surface area (Å²) in [5.41, 5.74) is 2.80. The van der Waals surface area contributed by atoms with Crippen molar-refractivity contribution < 1.29 is 9.53 Å². The number of hydrogen-bond donors (Lipinski definition) is 1. The number of piperazine rings is 1. The van der Waals surface area contributed by atoms with Crippen molar-refractivity contribution in [1.82, 2.24) is 14.9 Å². The summed E-state index contributed by atoms with van der Waals surface area (Å²) < 4.78 is 4.68. The Balaban J connectivity index is 1.88. The van der Waals surface area contributed by atoms with Crippen molar-refractivity contribution >= 4 is 22.7 Å². The third-order valence-electron chi connectivity index (χ3n) is 3.71. The number of hydrogen-bond acceptors (Lipinski definition) is 5. The van der Waals surface area contributed by atoms with Crippen molar-refractivity contribution in [2.75, 3.05) is 45.2 Å². The zero-order valence-electron chi connectivity index (χ0n) is 11.7. The number of nitrogens with one attached hydrogen (secondary N) is 1. The number of benzene rings is 1. The smallest absolute Gasteiger partial charge is 0.374 e. The average molecular weight is 274 g/mol. The van der Waals surface area contributed by atoms with E-state index in [9.17, 15) is 4.79 Å². The van der Waals surface area contributed by atoms with E-state index in [0.29, 0.717) is 0 Å². The maximum atomic E-state index is 11.5. The lowest BCUT2D eigenvalue weighted by Crippen LogP contribution is -2.44. The van der Waals surface area contributed by atoms with Gasteiger partial charge in [-0.3, -0.25) is 0 Å². The Morgan fingerprint density at radius 3 is 2.75 bits per heavy atom. The molecule has 0 unspecified atom stereocenters. The van der Waals surface area contributed by atoms with Crippen LogP contribution >= 0.6 is 0 Å². The van der Waals surface area contributed by atoms with Gasteiger partial charge in [-0.15, -0.1) is 0 Å². The molecule has 1 N–H and O–H groups in total. The molecule has 1 aromatic carbocycles. The van der Waals surface area contributed by atoms with Gasteiger partial charge in [-0.2, -0.15) is 0 Å². The molecule has 2 heterocycles. The lowest BCUT2D eigenvalue weighted by atomic mass is 10.2. The summed E-state index contributed by atoms with van der Waals surface area (Å²) in [7, 11) is 3.49. The first kappa shape index (κ1) is 12.9. The molecule has 6 heteroatoms. The van der Waals surface area contributed by atoms with Crippen molar-refractivity contribution in [1.29, 1.82) is 0 Å². The van der Waals surface area contributed by atoms with E-state index in [0.717, 1.165) is 42.9 Å². The molecule has 1 saturated heterocycles. The largest absolute Gasteiger partial charge is 0.463 e. The van der Waals surface area contributed by atoms with E-state index < -0.39 is 5.97 Å². The van der Waals surface area contributed by atoms with Gasteiger partial charge in [0, 0.05) is 31.9 Å². The van der Waals surface area contributed by atoms with E-state index in [2.05, 4.69) is 37.6 Å². The fourth-order valence-electron chi connectivity index (χ4n) is 2.45. The van der Waals surface area contributed by atoms with Crippen LogP contribution in [0.25, 0.3) is 11.0 Å². The minimum Gasteiger partial charge on any atom is -0.463 e. The lowest BCUT2D eigenvalue weighted by Gasteiger charge is -2.34. The molecular formula is C14H18N4O2. The van der Waals surface area contributed by atoms with E-state index in [-0.39, 0.29) is 5.82 Å². The second-order valence-corrected chi connectivity index (χ2v) is 5.07. The van der Waals surface area contributed by atoms with Gasteiger partial charge in [-0.1, -0.05) is 0 Å². The summed E-state index contributed by atoms with van der Waals surface area (Å²) in [5, 5.41) is 0. The third-order valence-corrected chi connectivity index (χ3v) is 3.71. The number of carbonyl (C=O) groups is 1. The van der Waals surface area contributed by atoms with Crippen molar-refractivity contribution in [2.45, 2.75) is 0 Å². The predicted molar refractivity (Wildman–Crippen MR) is 77.1 cm³/mol. The second kappa shape index (κ2) is 5.13. The Morgan fingerprint density at radius 1 is 1.30 bits per heavy atom. The number of aromatic nitrogens is 2. The molecule has 0 saturated carbocycles. The average Bonchev–Trinajstić information content (AvgIpc) is 2.90. The summed E-state index contributed by atoms with van der Waals surface area (Å²) in [4.78, 5) is 23.4. The molecule has 2 aromatic rings. The topological polar surface area (TPSA) is 61.5 Å². The van der Waals surface area contributed by atoms with Crippen molar-refractivity contribution in [3.05, 3.63) is 24.0 Å². The zero-order valence-corrected chi connectivity index (χ0v) is 11.7. The Hall–Kier alpha value is -2.08. The molecule has 0 bridgehead atoms. The normalized spacial score (nSPS) is 16.6. The number of fused-ring (bicyclic) bond motifs is 1. The van der Waals surface area contributed by atoms with Gasteiger partial charge in [0.05, 0.1) is 18.1 Å². The van der Waals surface area contributed by atoms with Gasteiger partial charge in [-0.25, -0.2) is 9.78 Å². The standard InChI is InChI=1S/C14H18N4O2/c1-17-5-7-18(8-6-17)10-3-4-11-12(9-10)16-13(15-11)14(19)20-2/h3-4,9H,5-8H2,1-2H3,(H,15,16). The molecule has 0 aliphatic carbocycles. The first-order valence-corrected chi connectivity index (χ1v) is 6.69. The van der Waals surface area contributed by atoms with Gasteiger partial charge in [0.15, 0.2) is 0 Å². The maximum absolute atomic E-state index is 11.5. The number of nitrogens with zero attached hydrogens (tertiary/aromatic N) is 3. The number of carbonyl (C=O) groups excluding carboxylic acids is 1. The van der Waals surface area contributed by atoms with Crippen LogP contribution in [-0.4, -0.2) is 61.2 Å². The van der Waals surface area contributed by atoms with E-state index in [4.69, 9.17) is 0 Å². The number of likely N-dealkylation sites (N-methyl/N-ethyl adjacent to an activating group) is 1. The number of imidazole rings is 1. The zero-order chi connectivity index (χ0) is 14.1. The molecule has 0 atom stereocenters. The molecule has 1 fully saturated rings. The van der Waals surface area contributed by atoms with Crippen LogP contribution in [0.1, 0.15) is 10.6 Å². The highest BCUT2D eigenvalue weighted by molar-refractivity contribution is 5.91. The lowest BCUT2D eigenvalue weighted by molar-refractivity contribution is 0.0588. The summed E-state index contributed by atoms with van der Waals surface area (Å²) in [6.07, 6.45) is 0. The minimum absolute atomic E-state index is 0.248. The van der Waals surface area contributed by atoms with Crippen LogP contribution < -0.4 is 4.90 Å². The highest BCUT2D eigenvalue weighted by atomic mass is 16.5. The van der Waals surface area contributed by atoms with Gasteiger partial charge in [0.1, 0.15) is 0 Å². The maximum Gasteiger partial charge on any atom is 0.374 e. The molecule has 20 heavy (non-hydrogen) atoms. The minimum atomic E-state index is -0.442. The molecule has 1 aliphatic rings. The molecule has 1 aromatic heterocycles. The van der Waals surface area contributed by atoms with Crippen LogP contribution in [0.4, 0.5) is 5.69 Å². The number of methoxy groups -OCH3 is 1. The van der Waals surface area contributed by atoms with E-state index in [1.807, 2.05) is 12.1 Å². The van der Waals surface area contributed by atoms with Gasteiger partial charge < -0.3 is 19.5 Å². The van der Waals surface area contributed by atoms with Gasteiger partial charge in [-0.05, 0) is 25.2 Å². The molecule has 0 spiro atoms. The number of esters is 1. The van der Waals surface area contributed by atoms with Gasteiger partial charge in [0.2, 0.25) is 5.82 Å². The number of ether oxygens (including phenoxy) is 1. The van der Waals surface area contributed by atoms with Crippen LogP contribution in [0.2, 0.25) is 0 Å². The van der Waals surface area contributed by atoms with Crippen LogP contribution in [0.5, 0.6) is 0 Å².